The van der Waals surface area contributed by atoms with Crippen molar-refractivity contribution in [1.82, 2.24) is 15.1 Å². The van der Waals surface area contributed by atoms with Crippen LogP contribution in [0.2, 0.25) is 0 Å². The molecule has 0 bridgehead atoms. The lowest BCUT2D eigenvalue weighted by Crippen LogP contribution is -2.16. The number of carbonyl (C=O) groups is 1. The van der Waals surface area contributed by atoms with Crippen molar-refractivity contribution < 1.29 is 13.6 Å². The van der Waals surface area contributed by atoms with E-state index in [1.807, 2.05) is 14.1 Å². The topological polar surface area (TPSA) is 83.3 Å². The summed E-state index contributed by atoms with van der Waals surface area (Å²) in [5, 5.41) is 13.8. The zero-order valence-electron chi connectivity index (χ0n) is 15.8. The molecule has 7 nitrogen and oxygen atoms in total. The van der Waals surface area contributed by atoms with Gasteiger partial charge in [0.2, 0.25) is 5.89 Å². The number of benzene rings is 2. The maximum absolute atomic E-state index is 13.7. The van der Waals surface area contributed by atoms with E-state index in [9.17, 15) is 9.18 Å². The Morgan fingerprint density at radius 3 is 2.57 bits per heavy atom. The van der Waals surface area contributed by atoms with Gasteiger partial charge in [-0.3, -0.25) is 4.79 Å². The van der Waals surface area contributed by atoms with Gasteiger partial charge in [-0.1, -0.05) is 17.2 Å². The van der Waals surface area contributed by atoms with Gasteiger partial charge in [0.25, 0.3) is 5.91 Å². The summed E-state index contributed by atoms with van der Waals surface area (Å²) in [4.78, 5) is 14.3. The molecular formula is C20H22FN5O2. The largest absolute Gasteiger partial charge is 0.403 e. The summed E-state index contributed by atoms with van der Waals surface area (Å²) in [5.41, 5.74) is 1.25. The van der Waals surface area contributed by atoms with E-state index in [1.165, 1.54) is 18.2 Å². The van der Waals surface area contributed by atoms with Crippen LogP contribution in [0.4, 0.5) is 16.1 Å². The number of rotatable bonds is 8. The van der Waals surface area contributed by atoms with Gasteiger partial charge in [-0.25, -0.2) is 4.39 Å². The van der Waals surface area contributed by atoms with Gasteiger partial charge in [0.1, 0.15) is 5.82 Å². The summed E-state index contributed by atoms with van der Waals surface area (Å²) < 4.78 is 19.3. The number of aromatic nitrogens is 2. The van der Waals surface area contributed by atoms with Crippen molar-refractivity contribution in [2.45, 2.75) is 6.42 Å². The molecular weight excluding hydrogens is 361 g/mol. The van der Waals surface area contributed by atoms with Crippen molar-refractivity contribution in [1.29, 1.82) is 0 Å². The minimum Gasteiger partial charge on any atom is -0.403 e. The van der Waals surface area contributed by atoms with Crippen LogP contribution >= 0.6 is 0 Å². The van der Waals surface area contributed by atoms with Crippen molar-refractivity contribution in [3.63, 3.8) is 0 Å². The van der Waals surface area contributed by atoms with Crippen LogP contribution in [-0.4, -0.2) is 48.2 Å². The zero-order chi connectivity index (χ0) is 19.9. The van der Waals surface area contributed by atoms with Crippen molar-refractivity contribution in [2.75, 3.05) is 37.8 Å². The van der Waals surface area contributed by atoms with Crippen LogP contribution < -0.4 is 10.6 Å². The van der Waals surface area contributed by atoms with E-state index < -0.39 is 11.7 Å². The van der Waals surface area contributed by atoms with Crippen molar-refractivity contribution >= 4 is 17.6 Å². The number of halogens is 1. The van der Waals surface area contributed by atoms with Gasteiger partial charge in [-0.2, -0.15) is 0 Å². The average Bonchev–Trinajstić information content (AvgIpc) is 3.15. The third-order valence-corrected chi connectivity index (χ3v) is 3.99. The fourth-order valence-electron chi connectivity index (χ4n) is 2.54. The fourth-order valence-corrected chi connectivity index (χ4v) is 2.54. The smallest absolute Gasteiger partial charge is 0.315 e. The number of hydrogen-bond acceptors (Lipinski definition) is 6. The first-order valence-corrected chi connectivity index (χ1v) is 8.91. The van der Waals surface area contributed by atoms with E-state index in [1.54, 1.807) is 30.3 Å². The van der Waals surface area contributed by atoms with Gasteiger partial charge in [-0.15, -0.1) is 5.10 Å². The lowest BCUT2D eigenvalue weighted by molar-refractivity contribution is 0.102. The second kappa shape index (κ2) is 9.09. The molecule has 0 spiro atoms. The van der Waals surface area contributed by atoms with Crippen molar-refractivity contribution in [3.8, 4) is 11.5 Å². The van der Waals surface area contributed by atoms with Gasteiger partial charge < -0.3 is 20.0 Å². The molecule has 0 fully saturated rings. The number of amides is 1. The second-order valence-electron chi connectivity index (χ2n) is 6.51. The molecule has 0 saturated carbocycles. The van der Waals surface area contributed by atoms with Gasteiger partial charge in [-0.05, 0) is 63.5 Å². The summed E-state index contributed by atoms with van der Waals surface area (Å²) in [6, 6.07) is 13.1. The third kappa shape index (κ3) is 5.14. The van der Waals surface area contributed by atoms with E-state index >= 15 is 0 Å². The van der Waals surface area contributed by atoms with Gasteiger partial charge in [0, 0.05) is 17.8 Å². The number of hydrogen-bond donors (Lipinski definition) is 2. The molecule has 8 heteroatoms. The lowest BCUT2D eigenvalue weighted by Gasteiger charge is -2.08. The third-order valence-electron chi connectivity index (χ3n) is 3.99. The van der Waals surface area contributed by atoms with Crippen LogP contribution in [0.15, 0.2) is 52.9 Å². The molecule has 3 aromatic rings. The SMILES string of the molecule is CN(C)CCCNc1nnc(-c2ccc(NC(=O)c3ccccc3F)cc2)o1. The summed E-state index contributed by atoms with van der Waals surface area (Å²) >= 11 is 0. The van der Waals surface area contributed by atoms with Crippen molar-refractivity contribution in [3.05, 3.63) is 59.9 Å². The average molecular weight is 383 g/mol. The quantitative estimate of drug-likeness (QED) is 0.580. The minimum absolute atomic E-state index is 0.00605. The summed E-state index contributed by atoms with van der Waals surface area (Å²) in [6.07, 6.45) is 0.959. The molecule has 28 heavy (non-hydrogen) atoms. The Balaban J connectivity index is 1.59. The minimum atomic E-state index is -0.562. The Labute approximate surface area is 162 Å². The molecule has 2 aromatic carbocycles. The molecule has 0 aliphatic rings. The number of nitrogens with one attached hydrogen (secondary N) is 2. The highest BCUT2D eigenvalue weighted by Crippen LogP contribution is 2.22. The maximum Gasteiger partial charge on any atom is 0.315 e. The van der Waals surface area contributed by atoms with Crippen LogP contribution in [0.1, 0.15) is 16.8 Å². The summed E-state index contributed by atoms with van der Waals surface area (Å²) in [6.45, 7) is 1.70. The Hall–Kier alpha value is -3.26. The molecule has 0 radical (unpaired) electrons. The number of nitrogens with zero attached hydrogens (tertiary/aromatic N) is 3. The summed E-state index contributed by atoms with van der Waals surface area (Å²) in [5.74, 6) is -0.692. The molecule has 0 aliphatic heterocycles. The monoisotopic (exact) mass is 383 g/mol. The molecule has 2 N–H and O–H groups in total. The van der Waals surface area contributed by atoms with Gasteiger partial charge in [0.15, 0.2) is 0 Å². The van der Waals surface area contributed by atoms with Gasteiger partial charge in [0.05, 0.1) is 5.56 Å². The molecule has 0 aliphatic carbocycles. The molecule has 1 heterocycles. The van der Waals surface area contributed by atoms with Crippen LogP contribution in [0.3, 0.4) is 0 Å². The Bertz CT molecular complexity index is 924. The highest BCUT2D eigenvalue weighted by atomic mass is 19.1. The Morgan fingerprint density at radius 1 is 1.11 bits per heavy atom. The van der Waals surface area contributed by atoms with Crippen LogP contribution in [-0.2, 0) is 0 Å². The first kappa shape index (κ1) is 19.5. The van der Waals surface area contributed by atoms with E-state index in [4.69, 9.17) is 4.42 Å². The van der Waals surface area contributed by atoms with Crippen LogP contribution in [0.5, 0.6) is 0 Å². The normalized spacial score (nSPS) is 10.9. The zero-order valence-corrected chi connectivity index (χ0v) is 15.8. The molecule has 0 saturated heterocycles. The fraction of sp³-hybridized carbons (Fsp3) is 0.250. The van der Waals surface area contributed by atoms with Crippen LogP contribution in [0.25, 0.3) is 11.5 Å². The highest BCUT2D eigenvalue weighted by Gasteiger charge is 2.12. The molecule has 146 valence electrons. The van der Waals surface area contributed by atoms with E-state index in [0.29, 0.717) is 17.6 Å². The lowest BCUT2D eigenvalue weighted by atomic mass is 10.1. The standard InChI is InChI=1S/C20H22FN5O2/c1-26(2)13-5-12-22-20-25-24-19(28-20)14-8-10-15(11-9-14)23-18(27)16-6-3-4-7-17(16)21/h3-4,6-11H,5,12-13H2,1-2H3,(H,22,25)(H,23,27). The Kier molecular flexibility index (Phi) is 6.33. The second-order valence-corrected chi connectivity index (χ2v) is 6.51. The van der Waals surface area contributed by atoms with E-state index in [-0.39, 0.29) is 5.56 Å². The van der Waals surface area contributed by atoms with Crippen molar-refractivity contribution in [2.24, 2.45) is 0 Å². The molecule has 0 unspecified atom stereocenters. The molecule has 1 amide bonds. The first-order chi connectivity index (χ1) is 13.5. The van der Waals surface area contributed by atoms with Crippen LogP contribution in [0, 0.1) is 5.82 Å². The molecule has 1 aromatic heterocycles. The predicted molar refractivity (Wildman–Crippen MR) is 106 cm³/mol. The summed E-state index contributed by atoms with van der Waals surface area (Å²) in [7, 11) is 4.04. The molecule has 0 atom stereocenters. The van der Waals surface area contributed by atoms with Gasteiger partial charge >= 0.3 is 6.01 Å². The molecule has 3 rings (SSSR count). The highest BCUT2D eigenvalue weighted by molar-refractivity contribution is 6.04. The van der Waals surface area contributed by atoms with E-state index in [0.717, 1.165) is 25.1 Å². The number of carbonyl (C=O) groups excluding carboxylic acids is 1. The number of anilines is 2. The Morgan fingerprint density at radius 2 is 1.86 bits per heavy atom. The predicted octanol–water partition coefficient (Wildman–Crippen LogP) is 3.49. The first-order valence-electron chi connectivity index (χ1n) is 8.91. The maximum atomic E-state index is 13.7. The van der Waals surface area contributed by atoms with E-state index in [2.05, 4.69) is 25.7 Å².